The van der Waals surface area contributed by atoms with Gasteiger partial charge in [0.15, 0.2) is 0 Å². The molecule has 1 aromatic heterocycles. The second-order valence-corrected chi connectivity index (χ2v) is 6.40. The van der Waals surface area contributed by atoms with Gasteiger partial charge >= 0.3 is 0 Å². The highest BCUT2D eigenvalue weighted by atomic mass is 16.1. The zero-order chi connectivity index (χ0) is 14.9. The van der Waals surface area contributed by atoms with Crippen LogP contribution in [0.3, 0.4) is 0 Å². The van der Waals surface area contributed by atoms with Crippen molar-refractivity contribution in [2.24, 2.45) is 0 Å². The number of nitrogens with zero attached hydrogens (tertiary/aromatic N) is 1. The third kappa shape index (κ3) is 3.16. The van der Waals surface area contributed by atoms with E-state index in [0.717, 1.165) is 0 Å². The molecule has 1 heterocycles. The summed E-state index contributed by atoms with van der Waals surface area (Å²) in [6.45, 7) is 10.9. The van der Waals surface area contributed by atoms with Crippen molar-refractivity contribution in [3.63, 3.8) is 0 Å². The highest BCUT2D eigenvalue weighted by Crippen LogP contribution is 2.27. The van der Waals surface area contributed by atoms with E-state index >= 15 is 0 Å². The highest BCUT2D eigenvalue weighted by Gasteiger charge is 2.16. The van der Waals surface area contributed by atoms with Crippen LogP contribution in [0, 0.1) is 13.8 Å². The van der Waals surface area contributed by atoms with Crippen LogP contribution in [-0.2, 0) is 11.8 Å². The lowest BCUT2D eigenvalue weighted by Crippen LogP contribution is -2.14. The first-order chi connectivity index (χ1) is 9.27. The number of nitrogens with one attached hydrogen (secondary N) is 1. The van der Waals surface area contributed by atoms with E-state index in [9.17, 15) is 4.79 Å². The summed E-state index contributed by atoms with van der Waals surface area (Å²) in [5.74, 6) is 0.715. The molecule has 20 heavy (non-hydrogen) atoms. The molecule has 0 bridgehead atoms. The molecule has 0 amide bonds. The van der Waals surface area contributed by atoms with E-state index in [1.54, 1.807) is 6.20 Å². The molecular weight excluding hydrogens is 248 g/mol. The molecule has 3 nitrogen and oxygen atoms in total. The van der Waals surface area contributed by atoms with Crippen molar-refractivity contribution in [1.82, 2.24) is 9.97 Å². The number of aromatic nitrogens is 2. The first kappa shape index (κ1) is 14.5. The third-order valence-electron chi connectivity index (χ3n) is 3.63. The monoisotopic (exact) mass is 270 g/mol. The summed E-state index contributed by atoms with van der Waals surface area (Å²) >= 11 is 0. The largest absolute Gasteiger partial charge is 0.310 e. The van der Waals surface area contributed by atoms with Crippen molar-refractivity contribution in [3.05, 3.63) is 62.8 Å². The van der Waals surface area contributed by atoms with Gasteiger partial charge in [-0.25, -0.2) is 4.98 Å². The average Bonchev–Trinajstić information content (AvgIpc) is 2.32. The second-order valence-electron chi connectivity index (χ2n) is 6.40. The SMILES string of the molecule is Cc1cc(C(C)(C)C)cc(C)c1Cc1nccc(=O)[nH]1. The van der Waals surface area contributed by atoms with E-state index in [-0.39, 0.29) is 11.0 Å². The lowest BCUT2D eigenvalue weighted by Gasteiger charge is -2.22. The first-order valence-electron chi connectivity index (χ1n) is 6.92. The van der Waals surface area contributed by atoms with Gasteiger partial charge in [0, 0.05) is 18.7 Å². The molecule has 0 aliphatic carbocycles. The molecule has 1 aromatic carbocycles. The first-order valence-corrected chi connectivity index (χ1v) is 6.92. The molecule has 0 spiro atoms. The summed E-state index contributed by atoms with van der Waals surface area (Å²) in [4.78, 5) is 18.4. The van der Waals surface area contributed by atoms with Crippen LogP contribution in [0.15, 0.2) is 29.2 Å². The molecule has 0 aliphatic heterocycles. The Labute approximate surface area is 120 Å². The summed E-state index contributed by atoms with van der Waals surface area (Å²) < 4.78 is 0. The van der Waals surface area contributed by atoms with Gasteiger partial charge in [0.1, 0.15) is 5.82 Å². The molecule has 2 aromatic rings. The fraction of sp³-hybridized carbons (Fsp3) is 0.412. The Kier molecular flexibility index (Phi) is 3.80. The maximum atomic E-state index is 11.3. The molecular formula is C17H22N2O. The van der Waals surface area contributed by atoms with E-state index < -0.39 is 0 Å². The Morgan fingerprint density at radius 3 is 2.25 bits per heavy atom. The zero-order valence-corrected chi connectivity index (χ0v) is 12.9. The number of H-pyrrole nitrogens is 1. The van der Waals surface area contributed by atoms with Gasteiger partial charge < -0.3 is 4.98 Å². The number of aryl methyl sites for hydroxylation is 2. The number of benzene rings is 1. The molecule has 0 aliphatic rings. The lowest BCUT2D eigenvalue weighted by molar-refractivity contribution is 0.588. The maximum absolute atomic E-state index is 11.3. The van der Waals surface area contributed by atoms with Crippen LogP contribution in [0.4, 0.5) is 0 Å². The molecule has 0 unspecified atom stereocenters. The Bertz CT molecular complexity index is 655. The summed E-state index contributed by atoms with van der Waals surface area (Å²) in [5.41, 5.74) is 5.13. The molecule has 2 rings (SSSR count). The summed E-state index contributed by atoms with van der Waals surface area (Å²) in [5, 5.41) is 0. The number of hydrogen-bond acceptors (Lipinski definition) is 2. The summed E-state index contributed by atoms with van der Waals surface area (Å²) in [6, 6.07) is 5.92. The molecule has 106 valence electrons. The van der Waals surface area contributed by atoms with Crippen LogP contribution >= 0.6 is 0 Å². The van der Waals surface area contributed by atoms with E-state index in [2.05, 4.69) is 56.7 Å². The standard InChI is InChI=1S/C17H22N2O/c1-11-8-13(17(3,4)5)9-12(2)14(11)10-15-18-7-6-16(20)19-15/h6-9H,10H2,1-5H3,(H,18,19,20). The second kappa shape index (κ2) is 5.23. The van der Waals surface area contributed by atoms with Gasteiger partial charge in [0.2, 0.25) is 0 Å². The van der Waals surface area contributed by atoms with Gasteiger partial charge in [0.25, 0.3) is 5.56 Å². The molecule has 3 heteroatoms. The Morgan fingerprint density at radius 2 is 1.75 bits per heavy atom. The molecule has 0 fully saturated rings. The lowest BCUT2D eigenvalue weighted by atomic mass is 9.83. The number of hydrogen-bond donors (Lipinski definition) is 1. The fourth-order valence-corrected chi connectivity index (χ4v) is 2.37. The predicted octanol–water partition coefficient (Wildman–Crippen LogP) is 3.28. The summed E-state index contributed by atoms with van der Waals surface area (Å²) in [7, 11) is 0. The van der Waals surface area contributed by atoms with E-state index in [0.29, 0.717) is 12.2 Å². The van der Waals surface area contributed by atoms with Crippen LogP contribution < -0.4 is 5.56 Å². The van der Waals surface area contributed by atoms with Gasteiger partial charge in [-0.15, -0.1) is 0 Å². The molecule has 0 radical (unpaired) electrons. The normalized spacial score (nSPS) is 11.7. The number of aromatic amines is 1. The Morgan fingerprint density at radius 1 is 1.15 bits per heavy atom. The van der Waals surface area contributed by atoms with E-state index in [1.807, 2.05) is 0 Å². The van der Waals surface area contributed by atoms with Crippen molar-refractivity contribution in [2.45, 2.75) is 46.5 Å². The topological polar surface area (TPSA) is 45.8 Å². The molecule has 0 saturated heterocycles. The zero-order valence-electron chi connectivity index (χ0n) is 12.9. The minimum absolute atomic E-state index is 0.100. The highest BCUT2D eigenvalue weighted by molar-refractivity contribution is 5.41. The smallest absolute Gasteiger partial charge is 0.250 e. The Balaban J connectivity index is 2.41. The average molecular weight is 270 g/mol. The van der Waals surface area contributed by atoms with Crippen molar-refractivity contribution in [1.29, 1.82) is 0 Å². The third-order valence-corrected chi connectivity index (χ3v) is 3.63. The van der Waals surface area contributed by atoms with Crippen LogP contribution in [-0.4, -0.2) is 9.97 Å². The van der Waals surface area contributed by atoms with E-state index in [1.165, 1.54) is 28.3 Å². The van der Waals surface area contributed by atoms with Gasteiger partial charge in [-0.05, 0) is 41.5 Å². The Hall–Kier alpha value is -1.90. The quantitative estimate of drug-likeness (QED) is 0.910. The minimum atomic E-state index is -0.100. The van der Waals surface area contributed by atoms with Crippen molar-refractivity contribution >= 4 is 0 Å². The van der Waals surface area contributed by atoms with E-state index in [4.69, 9.17) is 0 Å². The van der Waals surface area contributed by atoms with Crippen LogP contribution in [0.1, 0.15) is 48.8 Å². The van der Waals surface area contributed by atoms with Gasteiger partial charge in [-0.3, -0.25) is 4.79 Å². The van der Waals surface area contributed by atoms with Crippen molar-refractivity contribution in [2.75, 3.05) is 0 Å². The van der Waals surface area contributed by atoms with Crippen LogP contribution in [0.25, 0.3) is 0 Å². The minimum Gasteiger partial charge on any atom is -0.310 e. The molecule has 0 atom stereocenters. The molecule has 0 saturated carbocycles. The number of rotatable bonds is 2. The maximum Gasteiger partial charge on any atom is 0.250 e. The van der Waals surface area contributed by atoms with Crippen molar-refractivity contribution in [3.8, 4) is 0 Å². The molecule has 1 N–H and O–H groups in total. The van der Waals surface area contributed by atoms with Crippen molar-refractivity contribution < 1.29 is 0 Å². The van der Waals surface area contributed by atoms with Gasteiger partial charge in [0.05, 0.1) is 0 Å². The van der Waals surface area contributed by atoms with Crippen LogP contribution in [0.2, 0.25) is 0 Å². The summed E-state index contributed by atoms with van der Waals surface area (Å²) in [6.07, 6.45) is 2.22. The fourth-order valence-electron chi connectivity index (χ4n) is 2.37. The predicted molar refractivity (Wildman–Crippen MR) is 82.3 cm³/mol. The van der Waals surface area contributed by atoms with Gasteiger partial charge in [-0.1, -0.05) is 32.9 Å². The van der Waals surface area contributed by atoms with Gasteiger partial charge in [-0.2, -0.15) is 0 Å². The van der Waals surface area contributed by atoms with Crippen LogP contribution in [0.5, 0.6) is 0 Å².